The lowest BCUT2D eigenvalue weighted by molar-refractivity contribution is 0.0615. The number of anilines is 1. The number of hydrogen-bond acceptors (Lipinski definition) is 3. The van der Waals surface area contributed by atoms with Gasteiger partial charge in [0, 0.05) is 18.9 Å². The van der Waals surface area contributed by atoms with Gasteiger partial charge >= 0.3 is 0 Å². The molecule has 0 spiro atoms. The van der Waals surface area contributed by atoms with Gasteiger partial charge in [0.25, 0.3) is 12.3 Å². The first-order valence-corrected chi connectivity index (χ1v) is 4.26. The monoisotopic (exact) mass is 215 g/mol. The third-order valence-corrected chi connectivity index (χ3v) is 1.76. The molecule has 0 radical (unpaired) electrons. The molecule has 0 unspecified atom stereocenters. The molecule has 0 aliphatic rings. The number of nitrogen functional groups attached to an aromatic ring is 1. The number of hydrogen-bond donors (Lipinski definition) is 1. The minimum Gasteiger partial charge on any atom is -0.399 e. The van der Waals surface area contributed by atoms with Crippen LogP contribution in [0.1, 0.15) is 10.5 Å². The Balaban J connectivity index is 2.76. The number of pyridine rings is 1. The number of amides is 1. The number of nitrogens with two attached hydrogens (primary N) is 1. The van der Waals surface area contributed by atoms with E-state index in [1.807, 2.05) is 0 Å². The van der Waals surface area contributed by atoms with E-state index >= 15 is 0 Å². The summed E-state index contributed by atoms with van der Waals surface area (Å²) in [5.41, 5.74) is 5.88. The maximum Gasteiger partial charge on any atom is 0.272 e. The fourth-order valence-corrected chi connectivity index (χ4v) is 1.05. The third kappa shape index (κ3) is 3.16. The summed E-state index contributed by atoms with van der Waals surface area (Å²) in [6, 6.07) is 2.87. The zero-order valence-electron chi connectivity index (χ0n) is 8.15. The van der Waals surface area contributed by atoms with Gasteiger partial charge in [0.05, 0.1) is 6.54 Å². The lowest BCUT2D eigenvalue weighted by Crippen LogP contribution is -2.31. The van der Waals surface area contributed by atoms with E-state index in [0.29, 0.717) is 5.69 Å². The van der Waals surface area contributed by atoms with Crippen LogP contribution in [0.3, 0.4) is 0 Å². The first kappa shape index (κ1) is 11.4. The zero-order chi connectivity index (χ0) is 11.4. The van der Waals surface area contributed by atoms with Crippen LogP contribution < -0.4 is 5.73 Å². The Kier molecular flexibility index (Phi) is 3.54. The molecule has 0 saturated carbocycles. The Morgan fingerprint density at radius 3 is 2.87 bits per heavy atom. The number of alkyl halides is 2. The van der Waals surface area contributed by atoms with Crippen molar-refractivity contribution in [3.63, 3.8) is 0 Å². The molecule has 82 valence electrons. The summed E-state index contributed by atoms with van der Waals surface area (Å²) in [6.45, 7) is -0.616. The van der Waals surface area contributed by atoms with Crippen LogP contribution in [0.15, 0.2) is 18.3 Å². The van der Waals surface area contributed by atoms with Gasteiger partial charge in [-0.3, -0.25) is 9.78 Å². The lowest BCUT2D eigenvalue weighted by atomic mass is 10.3. The van der Waals surface area contributed by atoms with Gasteiger partial charge in [-0.05, 0) is 12.1 Å². The van der Waals surface area contributed by atoms with Crippen LogP contribution in [-0.2, 0) is 0 Å². The van der Waals surface area contributed by atoms with Crippen LogP contribution in [0.4, 0.5) is 14.5 Å². The first-order valence-electron chi connectivity index (χ1n) is 4.26. The molecule has 0 aliphatic carbocycles. The molecule has 0 atom stereocenters. The van der Waals surface area contributed by atoms with Crippen molar-refractivity contribution in [3.8, 4) is 0 Å². The van der Waals surface area contributed by atoms with Crippen molar-refractivity contribution in [1.29, 1.82) is 0 Å². The largest absolute Gasteiger partial charge is 0.399 e. The molecule has 2 N–H and O–H groups in total. The highest BCUT2D eigenvalue weighted by atomic mass is 19.3. The van der Waals surface area contributed by atoms with E-state index in [0.717, 1.165) is 4.90 Å². The summed E-state index contributed by atoms with van der Waals surface area (Å²) in [5.74, 6) is -0.567. The first-order chi connectivity index (χ1) is 7.00. The molecule has 1 amide bonds. The van der Waals surface area contributed by atoms with E-state index in [2.05, 4.69) is 4.98 Å². The van der Waals surface area contributed by atoms with E-state index in [-0.39, 0.29) is 5.69 Å². The Hall–Kier alpha value is -1.72. The van der Waals surface area contributed by atoms with E-state index in [1.165, 1.54) is 25.4 Å². The predicted molar refractivity (Wildman–Crippen MR) is 51.6 cm³/mol. The Morgan fingerprint density at radius 2 is 2.33 bits per heavy atom. The average molecular weight is 215 g/mol. The molecule has 0 bridgehead atoms. The van der Waals surface area contributed by atoms with Crippen LogP contribution in [0.25, 0.3) is 0 Å². The number of nitrogens with zero attached hydrogens (tertiary/aromatic N) is 2. The highest BCUT2D eigenvalue weighted by Gasteiger charge is 2.16. The summed E-state index contributed by atoms with van der Waals surface area (Å²) in [6.07, 6.45) is -1.20. The van der Waals surface area contributed by atoms with Crippen molar-refractivity contribution >= 4 is 11.6 Å². The van der Waals surface area contributed by atoms with Crippen molar-refractivity contribution in [3.05, 3.63) is 24.0 Å². The number of aromatic nitrogens is 1. The zero-order valence-corrected chi connectivity index (χ0v) is 8.15. The summed E-state index contributed by atoms with van der Waals surface area (Å²) in [7, 11) is 1.29. The molecular formula is C9H11F2N3O. The molecule has 1 heterocycles. The molecule has 0 aliphatic heterocycles. The smallest absolute Gasteiger partial charge is 0.272 e. The second-order valence-corrected chi connectivity index (χ2v) is 3.05. The molecule has 0 saturated heterocycles. The van der Waals surface area contributed by atoms with E-state index in [4.69, 9.17) is 5.73 Å². The summed E-state index contributed by atoms with van der Waals surface area (Å²) in [4.78, 5) is 16.2. The molecule has 15 heavy (non-hydrogen) atoms. The predicted octanol–water partition coefficient (Wildman–Crippen LogP) is 1.00. The van der Waals surface area contributed by atoms with Crippen molar-refractivity contribution < 1.29 is 13.6 Å². The van der Waals surface area contributed by atoms with Gasteiger partial charge in [-0.15, -0.1) is 0 Å². The van der Waals surface area contributed by atoms with Crippen molar-refractivity contribution in [2.45, 2.75) is 6.43 Å². The third-order valence-electron chi connectivity index (χ3n) is 1.76. The number of rotatable bonds is 3. The van der Waals surface area contributed by atoms with Crippen LogP contribution >= 0.6 is 0 Å². The molecule has 0 aromatic carbocycles. The van der Waals surface area contributed by atoms with Crippen LogP contribution in [0.5, 0.6) is 0 Å². The molecular weight excluding hydrogens is 204 g/mol. The van der Waals surface area contributed by atoms with Crippen molar-refractivity contribution in [2.75, 3.05) is 19.3 Å². The lowest BCUT2D eigenvalue weighted by Gasteiger charge is -2.15. The van der Waals surface area contributed by atoms with Gasteiger partial charge in [0.2, 0.25) is 0 Å². The SMILES string of the molecule is CN(CC(F)F)C(=O)c1cc(N)ccn1. The van der Waals surface area contributed by atoms with Crippen molar-refractivity contribution in [1.82, 2.24) is 9.88 Å². The maximum atomic E-state index is 12.0. The second-order valence-electron chi connectivity index (χ2n) is 3.05. The van der Waals surface area contributed by atoms with Gasteiger partial charge in [0.15, 0.2) is 0 Å². The van der Waals surface area contributed by atoms with Gasteiger partial charge in [-0.25, -0.2) is 8.78 Å². The fraction of sp³-hybridized carbons (Fsp3) is 0.333. The van der Waals surface area contributed by atoms with E-state index in [1.54, 1.807) is 0 Å². The summed E-state index contributed by atoms with van der Waals surface area (Å²) >= 11 is 0. The summed E-state index contributed by atoms with van der Waals surface area (Å²) < 4.78 is 24.0. The second kappa shape index (κ2) is 4.68. The van der Waals surface area contributed by atoms with Crippen LogP contribution in [0, 0.1) is 0 Å². The number of carbonyl (C=O) groups is 1. The van der Waals surface area contributed by atoms with Crippen molar-refractivity contribution in [2.24, 2.45) is 0 Å². The molecule has 6 heteroatoms. The van der Waals surface area contributed by atoms with Gasteiger partial charge < -0.3 is 10.6 Å². The minimum atomic E-state index is -2.56. The Morgan fingerprint density at radius 1 is 1.67 bits per heavy atom. The standard InChI is InChI=1S/C9H11F2N3O/c1-14(5-8(10)11)9(15)7-4-6(12)2-3-13-7/h2-4,8H,5H2,1H3,(H2,12,13). The topological polar surface area (TPSA) is 59.2 Å². The van der Waals surface area contributed by atoms with Gasteiger partial charge in [0.1, 0.15) is 5.69 Å². The Bertz CT molecular complexity index is 357. The molecule has 1 rings (SSSR count). The minimum absolute atomic E-state index is 0.0677. The fourth-order valence-electron chi connectivity index (χ4n) is 1.05. The average Bonchev–Trinajstić information content (AvgIpc) is 2.15. The Labute approximate surface area is 85.7 Å². The quantitative estimate of drug-likeness (QED) is 0.818. The van der Waals surface area contributed by atoms with E-state index < -0.39 is 18.9 Å². The molecule has 4 nitrogen and oxygen atoms in total. The number of carbonyl (C=O) groups excluding carboxylic acids is 1. The van der Waals surface area contributed by atoms with Crippen LogP contribution in [-0.4, -0.2) is 35.8 Å². The number of halogens is 2. The van der Waals surface area contributed by atoms with Crippen LogP contribution in [0.2, 0.25) is 0 Å². The highest BCUT2D eigenvalue weighted by Crippen LogP contribution is 2.06. The molecule has 1 aromatic rings. The molecule has 0 fully saturated rings. The van der Waals surface area contributed by atoms with Gasteiger partial charge in [-0.1, -0.05) is 0 Å². The van der Waals surface area contributed by atoms with Gasteiger partial charge in [-0.2, -0.15) is 0 Å². The molecule has 1 aromatic heterocycles. The maximum absolute atomic E-state index is 12.0. The summed E-state index contributed by atoms with van der Waals surface area (Å²) in [5, 5.41) is 0. The highest BCUT2D eigenvalue weighted by molar-refractivity contribution is 5.92. The normalized spacial score (nSPS) is 10.4. The van der Waals surface area contributed by atoms with E-state index in [9.17, 15) is 13.6 Å².